The topological polar surface area (TPSA) is 6.48 Å². The first-order chi connectivity index (χ1) is 11.8. The van der Waals surface area contributed by atoms with Crippen LogP contribution in [0.5, 0.6) is 0 Å². The second-order valence-electron chi connectivity index (χ2n) is 7.03. The average Bonchev–Trinajstić information content (AvgIpc) is 2.63. The summed E-state index contributed by atoms with van der Waals surface area (Å²) in [7, 11) is 0. The molecule has 1 aliphatic heterocycles. The number of hydrogen-bond acceptors (Lipinski definition) is 2. The number of piperidine rings is 1. The Morgan fingerprint density at radius 2 is 1.46 bits per heavy atom. The number of nitrogens with zero attached hydrogens (tertiary/aromatic N) is 2. The summed E-state index contributed by atoms with van der Waals surface area (Å²) in [5.41, 5.74) is 2.83. The molecule has 0 spiro atoms. The molecule has 2 unspecified atom stereocenters. The second kappa shape index (κ2) is 8.46. The predicted octanol–water partition coefficient (Wildman–Crippen LogP) is 4.56. The molecule has 0 bridgehead atoms. The zero-order chi connectivity index (χ0) is 16.8. The van der Waals surface area contributed by atoms with E-state index in [2.05, 4.69) is 84.3 Å². The van der Waals surface area contributed by atoms with E-state index in [0.717, 1.165) is 13.1 Å². The van der Waals surface area contributed by atoms with Gasteiger partial charge in [0.05, 0.1) is 0 Å². The van der Waals surface area contributed by atoms with Crippen molar-refractivity contribution in [1.82, 2.24) is 9.80 Å². The second-order valence-corrected chi connectivity index (χ2v) is 7.03. The summed E-state index contributed by atoms with van der Waals surface area (Å²) in [4.78, 5) is 5.30. The van der Waals surface area contributed by atoms with Crippen LogP contribution in [0.2, 0.25) is 0 Å². The Kier molecular flexibility index (Phi) is 6.06. The summed E-state index contributed by atoms with van der Waals surface area (Å²) >= 11 is 0. The van der Waals surface area contributed by atoms with Crippen LogP contribution in [-0.4, -0.2) is 35.0 Å². The fraction of sp³-hybridized carbons (Fsp3) is 0.455. The van der Waals surface area contributed by atoms with Crippen LogP contribution < -0.4 is 0 Å². The van der Waals surface area contributed by atoms with Crippen molar-refractivity contribution in [1.29, 1.82) is 0 Å². The zero-order valence-corrected chi connectivity index (χ0v) is 15.1. The molecule has 1 fully saturated rings. The SMILES string of the molecule is CCN1CCC(N(Cc2ccccc2)Cc2ccccc2)CC1C. The van der Waals surface area contributed by atoms with Gasteiger partial charge in [-0.3, -0.25) is 4.90 Å². The molecule has 0 aliphatic carbocycles. The highest BCUT2D eigenvalue weighted by molar-refractivity contribution is 5.17. The van der Waals surface area contributed by atoms with Crippen LogP contribution in [0.3, 0.4) is 0 Å². The van der Waals surface area contributed by atoms with E-state index in [9.17, 15) is 0 Å². The highest BCUT2D eigenvalue weighted by Crippen LogP contribution is 2.25. The molecule has 3 rings (SSSR count). The van der Waals surface area contributed by atoms with Crippen LogP contribution in [0.25, 0.3) is 0 Å². The van der Waals surface area contributed by atoms with Crippen LogP contribution in [-0.2, 0) is 13.1 Å². The standard InChI is InChI=1S/C22H30N2/c1-3-23-15-14-22(16-19(23)2)24(17-20-10-6-4-7-11-20)18-21-12-8-5-9-13-21/h4-13,19,22H,3,14-18H2,1-2H3. The van der Waals surface area contributed by atoms with Gasteiger partial charge in [0.2, 0.25) is 0 Å². The fourth-order valence-corrected chi connectivity index (χ4v) is 3.95. The van der Waals surface area contributed by atoms with Gasteiger partial charge in [0.15, 0.2) is 0 Å². The van der Waals surface area contributed by atoms with E-state index < -0.39 is 0 Å². The van der Waals surface area contributed by atoms with Gasteiger partial charge in [-0.15, -0.1) is 0 Å². The van der Waals surface area contributed by atoms with E-state index in [1.54, 1.807) is 0 Å². The van der Waals surface area contributed by atoms with E-state index >= 15 is 0 Å². The molecule has 0 amide bonds. The normalized spacial score (nSPS) is 22.0. The Bertz CT molecular complexity index is 554. The number of hydrogen-bond donors (Lipinski definition) is 0. The van der Waals surface area contributed by atoms with Gasteiger partial charge in [-0.05, 0) is 44.0 Å². The number of rotatable bonds is 6. The third-order valence-electron chi connectivity index (χ3n) is 5.37. The summed E-state index contributed by atoms with van der Waals surface area (Å²) in [6.07, 6.45) is 2.55. The van der Waals surface area contributed by atoms with Gasteiger partial charge in [0.25, 0.3) is 0 Å². The van der Waals surface area contributed by atoms with E-state index in [1.165, 1.54) is 37.1 Å². The first-order valence-corrected chi connectivity index (χ1v) is 9.32. The molecule has 2 aromatic rings. The lowest BCUT2D eigenvalue weighted by molar-refractivity contribution is 0.0663. The first-order valence-electron chi connectivity index (χ1n) is 9.32. The number of likely N-dealkylation sites (tertiary alicyclic amines) is 1. The summed E-state index contributed by atoms with van der Waals surface area (Å²) in [5, 5.41) is 0. The largest absolute Gasteiger partial charge is 0.301 e. The Hall–Kier alpha value is -1.64. The first kappa shape index (κ1) is 17.2. The van der Waals surface area contributed by atoms with Gasteiger partial charge in [0, 0.05) is 25.2 Å². The molecular formula is C22H30N2. The monoisotopic (exact) mass is 322 g/mol. The van der Waals surface area contributed by atoms with Gasteiger partial charge in [-0.2, -0.15) is 0 Å². The van der Waals surface area contributed by atoms with Crippen LogP contribution >= 0.6 is 0 Å². The van der Waals surface area contributed by atoms with Crippen molar-refractivity contribution in [2.75, 3.05) is 13.1 Å². The molecule has 1 heterocycles. The van der Waals surface area contributed by atoms with Gasteiger partial charge >= 0.3 is 0 Å². The van der Waals surface area contributed by atoms with Crippen molar-refractivity contribution in [2.45, 2.75) is 51.9 Å². The lowest BCUT2D eigenvalue weighted by Gasteiger charge is -2.42. The van der Waals surface area contributed by atoms with Crippen LogP contribution in [0.15, 0.2) is 60.7 Å². The van der Waals surface area contributed by atoms with Gasteiger partial charge in [-0.1, -0.05) is 67.6 Å². The third-order valence-corrected chi connectivity index (χ3v) is 5.37. The van der Waals surface area contributed by atoms with Gasteiger partial charge in [0.1, 0.15) is 0 Å². The molecule has 24 heavy (non-hydrogen) atoms. The fourth-order valence-electron chi connectivity index (χ4n) is 3.95. The lowest BCUT2D eigenvalue weighted by atomic mass is 9.95. The van der Waals surface area contributed by atoms with Crippen molar-refractivity contribution in [3.63, 3.8) is 0 Å². The average molecular weight is 322 g/mol. The van der Waals surface area contributed by atoms with Crippen LogP contribution in [0, 0.1) is 0 Å². The lowest BCUT2D eigenvalue weighted by Crippen LogP contribution is -2.48. The van der Waals surface area contributed by atoms with E-state index in [0.29, 0.717) is 12.1 Å². The zero-order valence-electron chi connectivity index (χ0n) is 15.1. The molecule has 128 valence electrons. The van der Waals surface area contributed by atoms with Crippen molar-refractivity contribution in [2.24, 2.45) is 0 Å². The Morgan fingerprint density at radius 3 is 1.92 bits per heavy atom. The molecule has 1 saturated heterocycles. The highest BCUT2D eigenvalue weighted by Gasteiger charge is 2.28. The molecule has 2 nitrogen and oxygen atoms in total. The molecular weight excluding hydrogens is 292 g/mol. The highest BCUT2D eigenvalue weighted by atomic mass is 15.2. The predicted molar refractivity (Wildman–Crippen MR) is 102 cm³/mol. The summed E-state index contributed by atoms with van der Waals surface area (Å²) < 4.78 is 0. The quantitative estimate of drug-likeness (QED) is 0.769. The van der Waals surface area contributed by atoms with Crippen molar-refractivity contribution in [3.05, 3.63) is 71.8 Å². The number of benzene rings is 2. The Labute approximate surface area is 147 Å². The van der Waals surface area contributed by atoms with Crippen molar-refractivity contribution in [3.8, 4) is 0 Å². The Balaban J connectivity index is 1.74. The summed E-state index contributed by atoms with van der Waals surface area (Å²) in [6, 6.07) is 23.2. The molecule has 0 N–H and O–H groups in total. The van der Waals surface area contributed by atoms with Gasteiger partial charge in [-0.25, -0.2) is 0 Å². The van der Waals surface area contributed by atoms with Gasteiger partial charge < -0.3 is 4.90 Å². The van der Waals surface area contributed by atoms with Crippen molar-refractivity contribution < 1.29 is 0 Å². The smallest absolute Gasteiger partial charge is 0.0240 e. The molecule has 0 radical (unpaired) electrons. The summed E-state index contributed by atoms with van der Waals surface area (Å²) in [6.45, 7) is 9.15. The van der Waals surface area contributed by atoms with Crippen molar-refractivity contribution >= 4 is 0 Å². The minimum absolute atomic E-state index is 0.670. The van der Waals surface area contributed by atoms with Crippen LogP contribution in [0.4, 0.5) is 0 Å². The molecule has 2 aromatic carbocycles. The van der Waals surface area contributed by atoms with E-state index in [-0.39, 0.29) is 0 Å². The van der Waals surface area contributed by atoms with E-state index in [4.69, 9.17) is 0 Å². The molecule has 2 heteroatoms. The molecule has 1 aliphatic rings. The van der Waals surface area contributed by atoms with Crippen LogP contribution in [0.1, 0.15) is 37.8 Å². The summed E-state index contributed by atoms with van der Waals surface area (Å²) in [5.74, 6) is 0. The maximum absolute atomic E-state index is 2.69. The Morgan fingerprint density at radius 1 is 0.917 bits per heavy atom. The minimum atomic E-state index is 0.670. The molecule has 2 atom stereocenters. The van der Waals surface area contributed by atoms with E-state index in [1.807, 2.05) is 0 Å². The molecule has 0 aromatic heterocycles. The maximum atomic E-state index is 2.69. The third kappa shape index (κ3) is 4.46. The minimum Gasteiger partial charge on any atom is -0.301 e. The molecule has 0 saturated carbocycles. The maximum Gasteiger partial charge on any atom is 0.0240 e.